The third-order valence-corrected chi connectivity index (χ3v) is 9.74. The standard InChI is InChI=1S/C34H29N3O5S2/c1-4-20-12-14-22(15-13-20)29-28(30(38)23-16-17-26(41-2)27(18-23)42-3)31(39)32(40)37(29)33-35-36-34(44-33)43-19-24-10-7-9-21-8-5-6-11-25(21)24/h5-18,29,38H,4,19H2,1-3H3/b30-28-. The van der Waals surface area contributed by atoms with Crippen LogP contribution in [0.2, 0.25) is 0 Å². The molecule has 0 aliphatic carbocycles. The van der Waals surface area contributed by atoms with Gasteiger partial charge in [0.25, 0.3) is 5.78 Å². The van der Waals surface area contributed by atoms with Gasteiger partial charge in [0.15, 0.2) is 15.8 Å². The van der Waals surface area contributed by atoms with Gasteiger partial charge < -0.3 is 14.6 Å². The summed E-state index contributed by atoms with van der Waals surface area (Å²) >= 11 is 2.76. The molecule has 1 aliphatic rings. The van der Waals surface area contributed by atoms with Crippen molar-refractivity contribution in [3.63, 3.8) is 0 Å². The number of aromatic nitrogens is 2. The van der Waals surface area contributed by atoms with Crippen LogP contribution in [0, 0.1) is 0 Å². The molecule has 0 saturated carbocycles. The Kier molecular flexibility index (Phi) is 8.36. The number of anilines is 1. The molecule has 222 valence electrons. The second-order valence-corrected chi connectivity index (χ2v) is 12.3. The van der Waals surface area contributed by atoms with Gasteiger partial charge in [-0.25, -0.2) is 0 Å². The van der Waals surface area contributed by atoms with Gasteiger partial charge in [-0.1, -0.05) is 96.8 Å². The van der Waals surface area contributed by atoms with Gasteiger partial charge in [-0.05, 0) is 52.1 Å². The average Bonchev–Trinajstić information content (AvgIpc) is 3.64. The number of thioether (sulfide) groups is 1. The van der Waals surface area contributed by atoms with Crippen LogP contribution in [0.5, 0.6) is 11.5 Å². The smallest absolute Gasteiger partial charge is 0.301 e. The van der Waals surface area contributed by atoms with E-state index in [1.54, 1.807) is 18.2 Å². The third kappa shape index (κ3) is 5.42. The molecule has 1 atom stereocenters. The molecular weight excluding hydrogens is 595 g/mol. The molecule has 1 aromatic heterocycles. The predicted molar refractivity (Wildman–Crippen MR) is 174 cm³/mol. The number of amides is 1. The minimum atomic E-state index is -0.905. The number of aryl methyl sites for hydroxylation is 1. The van der Waals surface area contributed by atoms with Crippen molar-refractivity contribution in [2.24, 2.45) is 0 Å². The Balaban J connectivity index is 1.38. The maximum atomic E-state index is 13.6. The highest BCUT2D eigenvalue weighted by Crippen LogP contribution is 2.45. The van der Waals surface area contributed by atoms with Gasteiger partial charge in [0.05, 0.1) is 25.8 Å². The summed E-state index contributed by atoms with van der Waals surface area (Å²) in [6.45, 7) is 2.05. The van der Waals surface area contributed by atoms with Crippen molar-refractivity contribution in [3.05, 3.63) is 113 Å². The van der Waals surface area contributed by atoms with Crippen molar-refractivity contribution >= 4 is 56.5 Å². The minimum Gasteiger partial charge on any atom is -0.507 e. The van der Waals surface area contributed by atoms with E-state index in [9.17, 15) is 14.7 Å². The number of rotatable bonds is 9. The van der Waals surface area contributed by atoms with Crippen LogP contribution in [-0.4, -0.2) is 41.2 Å². The number of carbonyl (C=O) groups excluding carboxylic acids is 2. The minimum absolute atomic E-state index is 0.0355. The molecule has 1 saturated heterocycles. The van der Waals surface area contributed by atoms with Gasteiger partial charge >= 0.3 is 5.91 Å². The van der Waals surface area contributed by atoms with Gasteiger partial charge in [-0.3, -0.25) is 14.5 Å². The summed E-state index contributed by atoms with van der Waals surface area (Å²) in [5.74, 6) is -0.382. The number of benzene rings is 4. The Hall–Kier alpha value is -4.67. The lowest BCUT2D eigenvalue weighted by Crippen LogP contribution is -2.29. The van der Waals surface area contributed by atoms with Gasteiger partial charge in [-0.15, -0.1) is 10.2 Å². The fraction of sp³-hybridized carbons (Fsp3) is 0.176. The molecular formula is C34H29N3O5S2. The van der Waals surface area contributed by atoms with Crippen LogP contribution in [-0.2, 0) is 21.8 Å². The summed E-state index contributed by atoms with van der Waals surface area (Å²) in [5.41, 5.74) is 3.22. The zero-order valence-corrected chi connectivity index (χ0v) is 25.9. The van der Waals surface area contributed by atoms with Crippen molar-refractivity contribution in [2.75, 3.05) is 19.1 Å². The molecule has 4 aromatic carbocycles. The number of carbonyl (C=O) groups is 2. The summed E-state index contributed by atoms with van der Waals surface area (Å²) in [4.78, 5) is 28.6. The summed E-state index contributed by atoms with van der Waals surface area (Å²) < 4.78 is 11.4. The van der Waals surface area contributed by atoms with E-state index in [4.69, 9.17) is 9.47 Å². The summed E-state index contributed by atoms with van der Waals surface area (Å²) in [5, 5.41) is 22.9. The number of nitrogens with zero attached hydrogens (tertiary/aromatic N) is 3. The topological polar surface area (TPSA) is 102 Å². The first-order valence-corrected chi connectivity index (χ1v) is 15.8. The molecule has 2 heterocycles. The van der Waals surface area contributed by atoms with E-state index in [1.165, 1.54) is 47.6 Å². The molecule has 1 N–H and O–H groups in total. The molecule has 8 nitrogen and oxygen atoms in total. The van der Waals surface area contributed by atoms with E-state index >= 15 is 0 Å². The van der Waals surface area contributed by atoms with Gasteiger partial charge in [-0.2, -0.15) is 0 Å². The van der Waals surface area contributed by atoms with Crippen LogP contribution in [0.25, 0.3) is 16.5 Å². The molecule has 1 amide bonds. The van der Waals surface area contributed by atoms with Crippen LogP contribution in [0.15, 0.2) is 94.8 Å². The van der Waals surface area contributed by atoms with E-state index in [0.717, 1.165) is 22.9 Å². The highest BCUT2D eigenvalue weighted by Gasteiger charge is 2.48. The monoisotopic (exact) mass is 623 g/mol. The van der Waals surface area contributed by atoms with E-state index < -0.39 is 17.7 Å². The lowest BCUT2D eigenvalue weighted by Gasteiger charge is -2.22. The van der Waals surface area contributed by atoms with E-state index in [-0.39, 0.29) is 16.5 Å². The summed E-state index contributed by atoms with van der Waals surface area (Å²) in [6, 6.07) is 26.0. The molecule has 0 bridgehead atoms. The molecule has 0 spiro atoms. The van der Waals surface area contributed by atoms with Crippen molar-refractivity contribution < 1.29 is 24.2 Å². The van der Waals surface area contributed by atoms with Crippen LogP contribution < -0.4 is 14.4 Å². The van der Waals surface area contributed by atoms with Crippen LogP contribution in [0.4, 0.5) is 5.13 Å². The molecule has 1 unspecified atom stereocenters. The molecule has 10 heteroatoms. The fourth-order valence-electron chi connectivity index (χ4n) is 5.34. The van der Waals surface area contributed by atoms with Crippen LogP contribution in [0.3, 0.4) is 0 Å². The normalized spacial score (nSPS) is 16.1. The highest BCUT2D eigenvalue weighted by molar-refractivity contribution is 8.00. The first-order valence-electron chi connectivity index (χ1n) is 14.0. The van der Waals surface area contributed by atoms with Gasteiger partial charge in [0, 0.05) is 11.3 Å². The number of hydrogen-bond donors (Lipinski definition) is 1. The largest absolute Gasteiger partial charge is 0.507 e. The Morgan fingerprint density at radius 2 is 1.68 bits per heavy atom. The number of aliphatic hydroxyl groups excluding tert-OH is 1. The molecule has 1 aliphatic heterocycles. The number of aliphatic hydroxyl groups is 1. The molecule has 0 radical (unpaired) electrons. The zero-order chi connectivity index (χ0) is 30.8. The second kappa shape index (κ2) is 12.5. The maximum Gasteiger partial charge on any atom is 0.301 e. The Bertz CT molecular complexity index is 1900. The quantitative estimate of drug-likeness (QED) is 0.0605. The maximum absolute atomic E-state index is 13.6. The van der Waals surface area contributed by atoms with Crippen molar-refractivity contribution in [1.82, 2.24) is 10.2 Å². The fourth-order valence-corrected chi connectivity index (χ4v) is 7.21. The summed E-state index contributed by atoms with van der Waals surface area (Å²) in [6.07, 6.45) is 0.833. The third-order valence-electron chi connectivity index (χ3n) is 7.64. The van der Waals surface area contributed by atoms with Crippen molar-refractivity contribution in [1.29, 1.82) is 0 Å². The first-order chi connectivity index (χ1) is 21.4. The number of Topliss-reactive ketones (excluding diaryl/α,β-unsaturated/α-hetero) is 1. The molecule has 1 fully saturated rings. The molecule has 6 rings (SSSR count). The van der Waals surface area contributed by atoms with Crippen molar-refractivity contribution in [3.8, 4) is 11.5 Å². The van der Waals surface area contributed by atoms with Crippen molar-refractivity contribution in [2.45, 2.75) is 29.5 Å². The number of methoxy groups -OCH3 is 2. The van der Waals surface area contributed by atoms with Gasteiger partial charge in [0.2, 0.25) is 5.13 Å². The second-order valence-electron chi connectivity index (χ2n) is 10.1. The predicted octanol–water partition coefficient (Wildman–Crippen LogP) is 7.19. The van der Waals surface area contributed by atoms with Gasteiger partial charge in [0.1, 0.15) is 5.76 Å². The highest BCUT2D eigenvalue weighted by atomic mass is 32.2. The Morgan fingerprint density at radius 3 is 2.43 bits per heavy atom. The SMILES string of the molecule is CCc1ccc(C2/C(=C(/O)c3ccc(OC)c(OC)c3)C(=O)C(=O)N2c2nnc(SCc3cccc4ccccc34)s2)cc1. The summed E-state index contributed by atoms with van der Waals surface area (Å²) in [7, 11) is 3.00. The zero-order valence-electron chi connectivity index (χ0n) is 24.3. The lowest BCUT2D eigenvalue weighted by atomic mass is 9.94. The number of ether oxygens (including phenoxy) is 2. The van der Waals surface area contributed by atoms with E-state index in [2.05, 4.69) is 41.4 Å². The van der Waals surface area contributed by atoms with E-state index in [1.807, 2.05) is 42.5 Å². The molecule has 44 heavy (non-hydrogen) atoms. The number of fused-ring (bicyclic) bond motifs is 1. The Morgan fingerprint density at radius 1 is 0.932 bits per heavy atom. The van der Waals surface area contributed by atoms with Crippen LogP contribution >= 0.6 is 23.1 Å². The molecule has 5 aromatic rings. The van der Waals surface area contributed by atoms with Crippen LogP contribution in [0.1, 0.15) is 35.2 Å². The average molecular weight is 624 g/mol. The van der Waals surface area contributed by atoms with E-state index in [0.29, 0.717) is 32.7 Å². The Labute approximate surface area is 263 Å². The lowest BCUT2D eigenvalue weighted by molar-refractivity contribution is -0.132. The number of ketones is 1. The first kappa shape index (κ1) is 29.4. The number of hydrogen-bond acceptors (Lipinski definition) is 9.